The lowest BCUT2D eigenvalue weighted by Gasteiger charge is -2.10. The molecule has 0 saturated heterocycles. The predicted molar refractivity (Wildman–Crippen MR) is 85.1 cm³/mol. The summed E-state index contributed by atoms with van der Waals surface area (Å²) >= 11 is 9.67. The van der Waals surface area contributed by atoms with Crippen molar-refractivity contribution >= 4 is 33.6 Å². The first-order valence-corrected chi connectivity index (χ1v) is 7.55. The van der Waals surface area contributed by atoms with Crippen LogP contribution in [-0.2, 0) is 0 Å². The number of halogens is 2. The van der Waals surface area contributed by atoms with Crippen LogP contribution in [0, 0.1) is 5.92 Å². The van der Waals surface area contributed by atoms with Crippen LogP contribution in [0.3, 0.4) is 0 Å². The van der Waals surface area contributed by atoms with Gasteiger partial charge in [-0.2, -0.15) is 0 Å². The molecule has 3 heteroatoms. The summed E-state index contributed by atoms with van der Waals surface area (Å²) in [6, 6.07) is 5.94. The molecule has 1 rings (SSSR count). The Kier molecular flexibility index (Phi) is 6.98. The summed E-state index contributed by atoms with van der Waals surface area (Å²) in [5, 5.41) is 4.27. The van der Waals surface area contributed by atoms with E-state index >= 15 is 0 Å². The first-order chi connectivity index (χ1) is 8.52. The highest BCUT2D eigenvalue weighted by atomic mass is 79.9. The fourth-order valence-electron chi connectivity index (χ4n) is 1.64. The summed E-state index contributed by atoms with van der Waals surface area (Å²) in [7, 11) is 0. The van der Waals surface area contributed by atoms with Gasteiger partial charge in [0.1, 0.15) is 0 Å². The SMILES string of the molecule is CC/C(=C/c1cc(Br)ccc1Cl)CNCC(C)C. The van der Waals surface area contributed by atoms with Gasteiger partial charge in [-0.3, -0.25) is 0 Å². The molecule has 1 aromatic rings. The van der Waals surface area contributed by atoms with Gasteiger partial charge in [0.05, 0.1) is 0 Å². The van der Waals surface area contributed by atoms with Crippen molar-refractivity contribution in [1.82, 2.24) is 5.32 Å². The smallest absolute Gasteiger partial charge is 0.0479 e. The maximum absolute atomic E-state index is 6.20. The van der Waals surface area contributed by atoms with Crippen molar-refractivity contribution in [3.8, 4) is 0 Å². The maximum Gasteiger partial charge on any atom is 0.0479 e. The van der Waals surface area contributed by atoms with Crippen LogP contribution in [-0.4, -0.2) is 13.1 Å². The van der Waals surface area contributed by atoms with Crippen LogP contribution in [0.5, 0.6) is 0 Å². The van der Waals surface area contributed by atoms with E-state index in [9.17, 15) is 0 Å². The summed E-state index contributed by atoms with van der Waals surface area (Å²) in [6.45, 7) is 8.58. The molecule has 0 fully saturated rings. The molecule has 0 aliphatic carbocycles. The van der Waals surface area contributed by atoms with E-state index in [1.54, 1.807) is 0 Å². The molecule has 1 aromatic carbocycles. The second kappa shape index (κ2) is 7.98. The number of benzene rings is 1. The Morgan fingerprint density at radius 3 is 2.78 bits per heavy atom. The van der Waals surface area contributed by atoms with E-state index in [1.165, 1.54) is 5.57 Å². The zero-order chi connectivity index (χ0) is 13.5. The summed E-state index contributed by atoms with van der Waals surface area (Å²) in [5.74, 6) is 0.678. The molecule has 0 bridgehead atoms. The molecule has 18 heavy (non-hydrogen) atoms. The van der Waals surface area contributed by atoms with Crippen LogP contribution >= 0.6 is 27.5 Å². The van der Waals surface area contributed by atoms with Crippen LogP contribution in [0.4, 0.5) is 0 Å². The molecule has 0 atom stereocenters. The molecule has 1 nitrogen and oxygen atoms in total. The van der Waals surface area contributed by atoms with Gasteiger partial charge in [0.25, 0.3) is 0 Å². The van der Waals surface area contributed by atoms with Crippen molar-refractivity contribution < 1.29 is 0 Å². The van der Waals surface area contributed by atoms with Gasteiger partial charge < -0.3 is 5.32 Å². The number of rotatable bonds is 6. The topological polar surface area (TPSA) is 12.0 Å². The van der Waals surface area contributed by atoms with E-state index in [4.69, 9.17) is 11.6 Å². The molecule has 100 valence electrons. The van der Waals surface area contributed by atoms with Crippen molar-refractivity contribution in [2.45, 2.75) is 27.2 Å². The summed E-state index contributed by atoms with van der Waals surface area (Å²) in [4.78, 5) is 0. The average molecular weight is 331 g/mol. The zero-order valence-electron chi connectivity index (χ0n) is 11.3. The van der Waals surface area contributed by atoms with Gasteiger partial charge in [0.15, 0.2) is 0 Å². The summed E-state index contributed by atoms with van der Waals surface area (Å²) in [5.41, 5.74) is 2.45. The third kappa shape index (κ3) is 5.55. The van der Waals surface area contributed by atoms with Crippen LogP contribution in [0.1, 0.15) is 32.8 Å². The molecule has 0 heterocycles. The van der Waals surface area contributed by atoms with Crippen LogP contribution in [0.25, 0.3) is 6.08 Å². The van der Waals surface area contributed by atoms with Crippen LogP contribution < -0.4 is 5.32 Å². The Morgan fingerprint density at radius 1 is 1.44 bits per heavy atom. The van der Waals surface area contributed by atoms with Crippen molar-refractivity contribution in [3.05, 3.63) is 38.8 Å². The molecule has 0 aliphatic heterocycles. The molecular weight excluding hydrogens is 310 g/mol. The van der Waals surface area contributed by atoms with Crippen molar-refractivity contribution in [1.29, 1.82) is 0 Å². The van der Waals surface area contributed by atoms with E-state index in [0.29, 0.717) is 5.92 Å². The highest BCUT2D eigenvalue weighted by Crippen LogP contribution is 2.23. The van der Waals surface area contributed by atoms with Gasteiger partial charge in [0.2, 0.25) is 0 Å². The number of hydrogen-bond acceptors (Lipinski definition) is 1. The third-order valence-corrected chi connectivity index (χ3v) is 3.51. The number of hydrogen-bond donors (Lipinski definition) is 1. The molecule has 0 aliphatic rings. The Bertz CT molecular complexity index is 413. The molecule has 0 amide bonds. The molecular formula is C15H21BrClN. The van der Waals surface area contributed by atoms with Gasteiger partial charge in [-0.25, -0.2) is 0 Å². The normalized spacial score (nSPS) is 12.2. The van der Waals surface area contributed by atoms with Crippen LogP contribution in [0.15, 0.2) is 28.2 Å². The molecule has 0 saturated carbocycles. The van der Waals surface area contributed by atoms with Crippen LogP contribution in [0.2, 0.25) is 5.02 Å². The molecule has 0 spiro atoms. The molecule has 0 radical (unpaired) electrons. The molecule has 0 aromatic heterocycles. The Morgan fingerprint density at radius 2 is 2.17 bits per heavy atom. The van der Waals surface area contributed by atoms with Gasteiger partial charge in [-0.1, -0.05) is 60.0 Å². The monoisotopic (exact) mass is 329 g/mol. The minimum atomic E-state index is 0.678. The standard InChI is InChI=1S/C15H21BrClN/c1-4-12(10-18-9-11(2)3)7-13-8-14(16)5-6-15(13)17/h5-8,11,18H,4,9-10H2,1-3H3/b12-7-. The van der Waals surface area contributed by atoms with Crippen molar-refractivity contribution in [2.24, 2.45) is 5.92 Å². The second-order valence-electron chi connectivity index (χ2n) is 4.85. The Balaban J connectivity index is 2.74. The lowest BCUT2D eigenvalue weighted by Crippen LogP contribution is -2.21. The first-order valence-electron chi connectivity index (χ1n) is 6.38. The Hall–Kier alpha value is -0.310. The lowest BCUT2D eigenvalue weighted by molar-refractivity contribution is 0.569. The quantitative estimate of drug-likeness (QED) is 0.761. The Labute approximate surface area is 124 Å². The average Bonchev–Trinajstić information content (AvgIpc) is 2.32. The fourth-order valence-corrected chi connectivity index (χ4v) is 2.20. The van der Waals surface area contributed by atoms with E-state index in [1.807, 2.05) is 12.1 Å². The second-order valence-corrected chi connectivity index (χ2v) is 6.17. The minimum Gasteiger partial charge on any atom is -0.313 e. The highest BCUT2D eigenvalue weighted by molar-refractivity contribution is 9.10. The van der Waals surface area contributed by atoms with E-state index in [-0.39, 0.29) is 0 Å². The van der Waals surface area contributed by atoms with Crippen molar-refractivity contribution in [3.63, 3.8) is 0 Å². The van der Waals surface area contributed by atoms with Gasteiger partial charge >= 0.3 is 0 Å². The summed E-state index contributed by atoms with van der Waals surface area (Å²) in [6.07, 6.45) is 3.22. The predicted octanol–water partition coefficient (Wildman–Crippen LogP) is 5.14. The first kappa shape index (κ1) is 15.7. The highest BCUT2D eigenvalue weighted by Gasteiger charge is 2.01. The largest absolute Gasteiger partial charge is 0.313 e. The molecule has 1 N–H and O–H groups in total. The molecule has 0 unspecified atom stereocenters. The van der Waals surface area contributed by atoms with E-state index in [2.05, 4.69) is 54.2 Å². The summed E-state index contributed by atoms with van der Waals surface area (Å²) < 4.78 is 1.06. The number of nitrogens with one attached hydrogen (secondary N) is 1. The maximum atomic E-state index is 6.20. The third-order valence-electron chi connectivity index (χ3n) is 2.68. The van der Waals surface area contributed by atoms with E-state index in [0.717, 1.165) is 34.6 Å². The fraction of sp³-hybridized carbons (Fsp3) is 0.467. The van der Waals surface area contributed by atoms with Gasteiger partial charge in [0, 0.05) is 16.0 Å². The van der Waals surface area contributed by atoms with Crippen molar-refractivity contribution in [2.75, 3.05) is 13.1 Å². The lowest BCUT2D eigenvalue weighted by atomic mass is 10.1. The zero-order valence-corrected chi connectivity index (χ0v) is 13.6. The van der Waals surface area contributed by atoms with Gasteiger partial charge in [-0.05, 0) is 42.6 Å². The van der Waals surface area contributed by atoms with Gasteiger partial charge in [-0.15, -0.1) is 0 Å². The minimum absolute atomic E-state index is 0.678. The van der Waals surface area contributed by atoms with E-state index < -0.39 is 0 Å².